The first-order chi connectivity index (χ1) is 22.3. The summed E-state index contributed by atoms with van der Waals surface area (Å²) in [7, 11) is 0. The minimum atomic E-state index is -1.17. The number of amides is 3. The second kappa shape index (κ2) is 15.4. The summed E-state index contributed by atoms with van der Waals surface area (Å²) >= 11 is 0. The largest absolute Gasteiger partial charge is 0.489 e. The Morgan fingerprint density at radius 2 is 1.47 bits per heavy atom. The smallest absolute Gasteiger partial charge is 0.408 e. The molecule has 1 aromatic heterocycles. The molecular weight excluding hydrogens is 604 g/mol. The average Bonchev–Trinajstić information content (AvgIpc) is 3.02. The van der Waals surface area contributed by atoms with E-state index in [1.807, 2.05) is 6.07 Å². The van der Waals surface area contributed by atoms with Gasteiger partial charge in [-0.25, -0.2) is 9.59 Å². The van der Waals surface area contributed by atoms with Crippen LogP contribution in [0, 0.1) is 0 Å². The van der Waals surface area contributed by atoms with E-state index in [0.29, 0.717) is 28.3 Å². The van der Waals surface area contributed by atoms with Gasteiger partial charge in [0.05, 0.1) is 11.8 Å². The highest BCUT2D eigenvalue weighted by Gasteiger charge is 2.24. The monoisotopic (exact) mass is 640 g/mol. The van der Waals surface area contributed by atoms with Gasteiger partial charge >= 0.3 is 12.1 Å². The molecule has 0 aliphatic heterocycles. The number of rotatable bonds is 13. The van der Waals surface area contributed by atoms with Crippen LogP contribution in [0.1, 0.15) is 58.2 Å². The van der Waals surface area contributed by atoms with Crippen molar-refractivity contribution in [1.82, 2.24) is 10.3 Å². The number of nitrogens with one attached hydrogen (secondary N) is 2. The lowest BCUT2D eigenvalue weighted by Gasteiger charge is -2.22. The van der Waals surface area contributed by atoms with Gasteiger partial charge in [0.1, 0.15) is 36.4 Å². The van der Waals surface area contributed by atoms with E-state index in [1.165, 1.54) is 18.5 Å². The number of benzene rings is 3. The van der Waals surface area contributed by atoms with Crippen LogP contribution in [-0.4, -0.2) is 45.6 Å². The molecule has 47 heavy (non-hydrogen) atoms. The van der Waals surface area contributed by atoms with Crippen molar-refractivity contribution >= 4 is 29.6 Å². The maximum Gasteiger partial charge on any atom is 0.408 e. The SMILES string of the molecule is CC(C)(C)OC(=O)N[C@@H](Cc1ccc(OCc2ccc(C(=O)Nc3cccc(COc4cncc(C(N)=O)c4)c3)cc2)cc1)C(=O)O. The molecule has 3 amide bonds. The van der Waals surface area contributed by atoms with E-state index in [-0.39, 0.29) is 31.1 Å². The Labute approximate surface area is 271 Å². The zero-order valence-corrected chi connectivity index (χ0v) is 26.2. The van der Waals surface area contributed by atoms with Gasteiger partial charge in [0.2, 0.25) is 5.91 Å². The molecule has 244 valence electrons. The van der Waals surface area contributed by atoms with E-state index in [2.05, 4.69) is 15.6 Å². The lowest BCUT2D eigenvalue weighted by molar-refractivity contribution is -0.139. The van der Waals surface area contributed by atoms with Crippen molar-refractivity contribution in [3.05, 3.63) is 119 Å². The molecular formula is C35H36N4O8. The standard InChI is InChI=1S/C35H36N4O8/c1-35(2,3)47-34(44)39-30(33(42)43)16-22-9-13-28(14-10-22)45-20-23-7-11-25(12-8-23)32(41)38-27-6-4-5-24(15-27)21-46-29-17-26(31(36)40)18-37-19-29/h4-15,17-19,30H,16,20-21H2,1-3H3,(H2,36,40)(H,38,41)(H,39,44)(H,42,43)/t30-/m0/s1. The van der Waals surface area contributed by atoms with E-state index in [4.69, 9.17) is 19.9 Å². The Morgan fingerprint density at radius 1 is 0.809 bits per heavy atom. The van der Waals surface area contributed by atoms with Gasteiger partial charge in [-0.2, -0.15) is 0 Å². The summed E-state index contributed by atoms with van der Waals surface area (Å²) in [6.45, 7) is 5.53. The van der Waals surface area contributed by atoms with Crippen LogP contribution >= 0.6 is 0 Å². The Hall–Kier alpha value is -5.91. The van der Waals surface area contributed by atoms with E-state index >= 15 is 0 Å². The second-order valence-corrected chi connectivity index (χ2v) is 11.6. The molecule has 4 aromatic rings. The van der Waals surface area contributed by atoms with Crippen molar-refractivity contribution in [2.75, 3.05) is 5.32 Å². The number of carbonyl (C=O) groups excluding carboxylic acids is 3. The molecule has 5 N–H and O–H groups in total. The quantitative estimate of drug-likeness (QED) is 0.154. The van der Waals surface area contributed by atoms with Gasteiger partial charge in [-0.1, -0.05) is 36.4 Å². The summed E-state index contributed by atoms with van der Waals surface area (Å²) in [5.41, 5.74) is 8.17. The number of aromatic nitrogens is 1. The van der Waals surface area contributed by atoms with Crippen molar-refractivity contribution in [3.63, 3.8) is 0 Å². The number of aliphatic carboxylic acids is 1. The summed E-state index contributed by atoms with van der Waals surface area (Å²) < 4.78 is 16.7. The Morgan fingerprint density at radius 3 is 2.13 bits per heavy atom. The number of ether oxygens (including phenoxy) is 3. The molecule has 0 saturated heterocycles. The van der Waals surface area contributed by atoms with Gasteiger partial charge in [-0.15, -0.1) is 0 Å². The van der Waals surface area contributed by atoms with Crippen molar-refractivity contribution < 1.29 is 38.5 Å². The van der Waals surface area contributed by atoms with Crippen LogP contribution in [0.3, 0.4) is 0 Å². The summed E-state index contributed by atoms with van der Waals surface area (Å²) in [5, 5.41) is 14.8. The number of carbonyl (C=O) groups is 4. The number of primary amides is 1. The molecule has 0 saturated carbocycles. The number of alkyl carbamates (subject to hydrolysis) is 1. The number of anilines is 1. The predicted molar refractivity (Wildman–Crippen MR) is 173 cm³/mol. The van der Waals surface area contributed by atoms with Gasteiger partial charge < -0.3 is 35.7 Å². The highest BCUT2D eigenvalue weighted by Crippen LogP contribution is 2.19. The minimum absolute atomic E-state index is 0.0705. The molecule has 0 unspecified atom stereocenters. The van der Waals surface area contributed by atoms with Gasteiger partial charge in [0, 0.05) is 23.9 Å². The van der Waals surface area contributed by atoms with Crippen molar-refractivity contribution in [1.29, 1.82) is 0 Å². The Bertz CT molecular complexity index is 1720. The van der Waals surface area contributed by atoms with Crippen LogP contribution in [0.25, 0.3) is 0 Å². The third-order valence-electron chi connectivity index (χ3n) is 6.56. The molecule has 0 aliphatic carbocycles. The molecule has 0 aliphatic rings. The first-order valence-electron chi connectivity index (χ1n) is 14.7. The van der Waals surface area contributed by atoms with Crippen LogP contribution in [0.2, 0.25) is 0 Å². The highest BCUT2D eigenvalue weighted by molar-refractivity contribution is 6.04. The van der Waals surface area contributed by atoms with Crippen molar-refractivity contribution in [3.8, 4) is 11.5 Å². The number of carboxylic acids is 1. The topological polar surface area (TPSA) is 179 Å². The number of pyridine rings is 1. The number of carboxylic acid groups (broad SMARTS) is 1. The molecule has 1 atom stereocenters. The van der Waals surface area contributed by atoms with Crippen LogP contribution in [-0.2, 0) is 29.2 Å². The molecule has 0 bridgehead atoms. The molecule has 1 heterocycles. The van der Waals surface area contributed by atoms with Crippen LogP contribution in [0.15, 0.2) is 91.3 Å². The normalized spacial score (nSPS) is 11.6. The van der Waals surface area contributed by atoms with Crippen molar-refractivity contribution in [2.45, 2.75) is 52.0 Å². The van der Waals surface area contributed by atoms with Gasteiger partial charge in [0.25, 0.3) is 5.91 Å². The fourth-order valence-corrected chi connectivity index (χ4v) is 4.27. The van der Waals surface area contributed by atoms with E-state index < -0.39 is 29.6 Å². The van der Waals surface area contributed by atoms with E-state index in [9.17, 15) is 24.3 Å². The fourth-order valence-electron chi connectivity index (χ4n) is 4.27. The van der Waals surface area contributed by atoms with Crippen LogP contribution < -0.4 is 25.8 Å². The Kier molecular flexibility index (Phi) is 11.1. The molecule has 12 nitrogen and oxygen atoms in total. The Balaban J connectivity index is 1.26. The molecule has 3 aromatic carbocycles. The lowest BCUT2D eigenvalue weighted by Crippen LogP contribution is -2.44. The van der Waals surface area contributed by atoms with Crippen LogP contribution in [0.4, 0.5) is 10.5 Å². The summed E-state index contributed by atoms with van der Waals surface area (Å²) in [6, 6.07) is 21.5. The average molecular weight is 641 g/mol. The van der Waals surface area contributed by atoms with Gasteiger partial charge in [0.15, 0.2) is 0 Å². The fraction of sp³-hybridized carbons (Fsp3) is 0.229. The highest BCUT2D eigenvalue weighted by atomic mass is 16.6. The summed E-state index contributed by atoms with van der Waals surface area (Å²) in [6.07, 6.45) is 2.12. The lowest BCUT2D eigenvalue weighted by atomic mass is 10.1. The number of nitrogens with zero attached hydrogens (tertiary/aromatic N) is 1. The van der Waals surface area contributed by atoms with Crippen LogP contribution in [0.5, 0.6) is 11.5 Å². The van der Waals surface area contributed by atoms with E-state index in [1.54, 1.807) is 87.5 Å². The van der Waals surface area contributed by atoms with Crippen molar-refractivity contribution in [2.24, 2.45) is 5.73 Å². The molecule has 12 heteroatoms. The maximum absolute atomic E-state index is 12.9. The predicted octanol–water partition coefficient (Wildman–Crippen LogP) is 5.11. The third-order valence-corrected chi connectivity index (χ3v) is 6.56. The molecule has 0 spiro atoms. The zero-order chi connectivity index (χ0) is 34.0. The summed E-state index contributed by atoms with van der Waals surface area (Å²) in [4.78, 5) is 51.9. The van der Waals surface area contributed by atoms with Gasteiger partial charge in [-0.3, -0.25) is 14.6 Å². The zero-order valence-electron chi connectivity index (χ0n) is 26.2. The number of hydrogen-bond donors (Lipinski definition) is 4. The molecule has 0 radical (unpaired) electrons. The molecule has 0 fully saturated rings. The maximum atomic E-state index is 12.9. The second-order valence-electron chi connectivity index (χ2n) is 11.6. The first-order valence-corrected chi connectivity index (χ1v) is 14.7. The van der Waals surface area contributed by atoms with E-state index in [0.717, 1.165) is 11.1 Å². The number of nitrogens with two attached hydrogens (primary N) is 1. The number of hydrogen-bond acceptors (Lipinski definition) is 8. The minimum Gasteiger partial charge on any atom is -0.489 e. The molecule has 4 rings (SSSR count). The first kappa shape index (κ1) is 34.0. The van der Waals surface area contributed by atoms with Gasteiger partial charge in [-0.05, 0) is 79.9 Å². The third kappa shape index (κ3) is 10.9. The summed E-state index contributed by atoms with van der Waals surface area (Å²) in [5.74, 6) is -1.08.